The summed E-state index contributed by atoms with van der Waals surface area (Å²) in [4.78, 5) is 26.0. The van der Waals surface area contributed by atoms with Gasteiger partial charge in [0.25, 0.3) is 5.56 Å². The summed E-state index contributed by atoms with van der Waals surface area (Å²) in [6.45, 7) is -0.190. The number of Topliss-reactive ketones (excluding diaryl/α,β-unsaturated/α-hetero) is 1. The molecule has 2 aromatic carbocycles. The Balaban J connectivity index is 1.63. The van der Waals surface area contributed by atoms with Crippen LogP contribution in [0.2, 0.25) is 5.02 Å². The van der Waals surface area contributed by atoms with E-state index in [1.54, 1.807) is 42.6 Å². The van der Waals surface area contributed by atoms with Crippen molar-refractivity contribution in [3.63, 3.8) is 0 Å². The first kappa shape index (κ1) is 18.7. The largest absolute Gasteiger partial charge is 0.293 e. The molecular formula is C22H16ClFN4O2. The molecule has 4 aromatic rings. The number of nitrogens with zero attached hydrogens (tertiary/aromatic N) is 4. The molecule has 0 atom stereocenters. The lowest BCUT2D eigenvalue weighted by atomic mass is 10.1. The fourth-order valence-corrected chi connectivity index (χ4v) is 3.63. The van der Waals surface area contributed by atoms with E-state index in [0.717, 1.165) is 18.5 Å². The molecule has 0 unspecified atom stereocenters. The van der Waals surface area contributed by atoms with E-state index >= 15 is 0 Å². The summed E-state index contributed by atoms with van der Waals surface area (Å²) in [7, 11) is 0. The molecule has 0 spiro atoms. The molecule has 0 amide bonds. The van der Waals surface area contributed by atoms with Gasteiger partial charge in [-0.1, -0.05) is 11.6 Å². The Bertz CT molecular complexity index is 1320. The normalized spacial score (nSPS) is 13.7. The lowest BCUT2D eigenvalue weighted by Crippen LogP contribution is -2.29. The van der Waals surface area contributed by atoms with Crippen molar-refractivity contribution < 1.29 is 9.18 Å². The standard InChI is InChI=1S/C22H16ClFN4O2/c23-15-5-3-13(4-6-15)19(29)12-27-22(30)21-18(20(26-27)14-1-2-14)11-25-28(21)17-9-7-16(24)8-10-17/h3-11,14H,1-2,12H2. The van der Waals surface area contributed by atoms with Crippen molar-refractivity contribution in [2.24, 2.45) is 0 Å². The first-order valence-electron chi connectivity index (χ1n) is 9.55. The SMILES string of the molecule is O=C(Cn1nc(C2CC2)c2cnn(-c3ccc(F)cc3)c2c1=O)c1ccc(Cl)cc1. The van der Waals surface area contributed by atoms with Gasteiger partial charge in [0.15, 0.2) is 5.78 Å². The van der Waals surface area contributed by atoms with Crippen LogP contribution in [-0.2, 0) is 6.54 Å². The molecule has 2 aromatic heterocycles. The second kappa shape index (κ2) is 7.18. The lowest BCUT2D eigenvalue weighted by molar-refractivity contribution is 0.0965. The molecule has 1 aliphatic rings. The number of rotatable bonds is 5. The Morgan fingerprint density at radius 2 is 1.80 bits per heavy atom. The number of aromatic nitrogens is 4. The molecule has 6 nitrogen and oxygen atoms in total. The molecule has 0 radical (unpaired) electrons. The highest BCUT2D eigenvalue weighted by Gasteiger charge is 2.30. The third-order valence-electron chi connectivity index (χ3n) is 5.21. The maximum absolute atomic E-state index is 13.3. The van der Waals surface area contributed by atoms with Crippen LogP contribution in [-0.4, -0.2) is 25.3 Å². The highest BCUT2D eigenvalue weighted by molar-refractivity contribution is 6.30. The summed E-state index contributed by atoms with van der Waals surface area (Å²) >= 11 is 5.89. The number of ketones is 1. The molecule has 0 N–H and O–H groups in total. The van der Waals surface area contributed by atoms with Gasteiger partial charge in [-0.25, -0.2) is 13.8 Å². The Morgan fingerprint density at radius 1 is 1.10 bits per heavy atom. The van der Waals surface area contributed by atoms with E-state index < -0.39 is 5.56 Å². The van der Waals surface area contributed by atoms with Crippen molar-refractivity contribution in [2.75, 3.05) is 0 Å². The topological polar surface area (TPSA) is 69.8 Å². The summed E-state index contributed by atoms with van der Waals surface area (Å²) in [6.07, 6.45) is 3.58. The average Bonchev–Trinajstić information content (AvgIpc) is 3.49. The van der Waals surface area contributed by atoms with Gasteiger partial charge in [0.1, 0.15) is 17.9 Å². The predicted octanol–water partition coefficient (Wildman–Crippen LogP) is 4.14. The van der Waals surface area contributed by atoms with Crippen molar-refractivity contribution in [2.45, 2.75) is 25.3 Å². The van der Waals surface area contributed by atoms with Crippen molar-refractivity contribution in [3.05, 3.63) is 87.2 Å². The quantitative estimate of drug-likeness (QED) is 0.453. The Kier molecular flexibility index (Phi) is 4.47. The number of hydrogen-bond acceptors (Lipinski definition) is 4. The lowest BCUT2D eigenvalue weighted by Gasteiger charge is -2.10. The van der Waals surface area contributed by atoms with Crippen molar-refractivity contribution in [1.82, 2.24) is 19.6 Å². The maximum Gasteiger partial charge on any atom is 0.293 e. The molecule has 1 fully saturated rings. The molecule has 0 aliphatic heterocycles. The Morgan fingerprint density at radius 3 is 2.47 bits per heavy atom. The average molecular weight is 423 g/mol. The molecule has 150 valence electrons. The molecule has 8 heteroatoms. The third kappa shape index (κ3) is 3.31. The van der Waals surface area contributed by atoms with Gasteiger partial charge < -0.3 is 0 Å². The van der Waals surface area contributed by atoms with E-state index in [1.165, 1.54) is 21.5 Å². The van der Waals surface area contributed by atoms with E-state index in [4.69, 9.17) is 11.6 Å². The monoisotopic (exact) mass is 422 g/mol. The van der Waals surface area contributed by atoms with E-state index in [9.17, 15) is 14.0 Å². The van der Waals surface area contributed by atoms with Gasteiger partial charge in [0.05, 0.1) is 17.6 Å². The molecule has 1 saturated carbocycles. The zero-order valence-electron chi connectivity index (χ0n) is 15.8. The van der Waals surface area contributed by atoms with Crippen LogP contribution in [0, 0.1) is 5.82 Å². The number of hydrogen-bond donors (Lipinski definition) is 0. The molecule has 0 saturated heterocycles. The molecule has 2 heterocycles. The summed E-state index contributed by atoms with van der Waals surface area (Å²) in [6, 6.07) is 12.3. The smallest absolute Gasteiger partial charge is 0.292 e. The Hall–Kier alpha value is -3.32. The molecular weight excluding hydrogens is 407 g/mol. The van der Waals surface area contributed by atoms with E-state index in [-0.39, 0.29) is 24.1 Å². The van der Waals surface area contributed by atoms with E-state index in [1.807, 2.05) is 0 Å². The van der Waals surface area contributed by atoms with Crippen LogP contribution >= 0.6 is 11.6 Å². The second-order valence-electron chi connectivity index (χ2n) is 7.35. The van der Waals surface area contributed by atoms with Crippen molar-refractivity contribution in [3.8, 4) is 5.69 Å². The van der Waals surface area contributed by atoms with Crippen molar-refractivity contribution in [1.29, 1.82) is 0 Å². The van der Waals surface area contributed by atoms with Gasteiger partial charge >= 0.3 is 0 Å². The van der Waals surface area contributed by atoms with Crippen LogP contribution in [0.15, 0.2) is 59.5 Å². The number of benzene rings is 2. The predicted molar refractivity (Wildman–Crippen MR) is 111 cm³/mol. The third-order valence-corrected chi connectivity index (χ3v) is 5.46. The highest BCUT2D eigenvalue weighted by Crippen LogP contribution is 2.41. The van der Waals surface area contributed by atoms with Crippen LogP contribution in [0.5, 0.6) is 0 Å². The van der Waals surface area contributed by atoms with Gasteiger partial charge in [0, 0.05) is 21.9 Å². The van der Waals surface area contributed by atoms with Crippen LogP contribution in [0.3, 0.4) is 0 Å². The van der Waals surface area contributed by atoms with Gasteiger partial charge in [0.2, 0.25) is 0 Å². The van der Waals surface area contributed by atoms with Crippen LogP contribution in [0.25, 0.3) is 16.6 Å². The van der Waals surface area contributed by atoms with Gasteiger partial charge in [-0.15, -0.1) is 0 Å². The number of carbonyl (C=O) groups excluding carboxylic acids is 1. The van der Waals surface area contributed by atoms with Gasteiger partial charge in [-0.3, -0.25) is 9.59 Å². The molecule has 30 heavy (non-hydrogen) atoms. The molecule has 5 rings (SSSR count). The molecule has 0 bridgehead atoms. The number of halogens is 2. The highest BCUT2D eigenvalue weighted by atomic mass is 35.5. The number of fused-ring (bicyclic) bond motifs is 1. The summed E-state index contributed by atoms with van der Waals surface area (Å²) in [5, 5.41) is 10.1. The minimum atomic E-state index is -0.418. The molecule has 1 aliphatic carbocycles. The maximum atomic E-state index is 13.3. The summed E-state index contributed by atoms with van der Waals surface area (Å²) in [5.41, 5.74) is 1.70. The van der Waals surface area contributed by atoms with E-state index in [0.29, 0.717) is 27.2 Å². The van der Waals surface area contributed by atoms with Crippen LogP contribution in [0.4, 0.5) is 4.39 Å². The second-order valence-corrected chi connectivity index (χ2v) is 7.78. The fourth-order valence-electron chi connectivity index (χ4n) is 3.50. The summed E-state index contributed by atoms with van der Waals surface area (Å²) in [5.74, 6) is -0.368. The van der Waals surface area contributed by atoms with Gasteiger partial charge in [-0.05, 0) is 61.4 Å². The number of carbonyl (C=O) groups is 1. The zero-order chi connectivity index (χ0) is 20.8. The fraction of sp³-hybridized carbons (Fsp3) is 0.182. The van der Waals surface area contributed by atoms with Crippen LogP contribution in [0.1, 0.15) is 34.8 Å². The first-order chi connectivity index (χ1) is 14.5. The van der Waals surface area contributed by atoms with Crippen LogP contribution < -0.4 is 5.56 Å². The Labute approximate surface area is 175 Å². The van der Waals surface area contributed by atoms with Gasteiger partial charge in [-0.2, -0.15) is 10.2 Å². The minimum Gasteiger partial charge on any atom is -0.292 e. The van der Waals surface area contributed by atoms with E-state index in [2.05, 4.69) is 10.2 Å². The first-order valence-corrected chi connectivity index (χ1v) is 9.92. The minimum absolute atomic E-state index is 0.190. The summed E-state index contributed by atoms with van der Waals surface area (Å²) < 4.78 is 16.0. The zero-order valence-corrected chi connectivity index (χ0v) is 16.5. The van der Waals surface area contributed by atoms with Crippen molar-refractivity contribution >= 4 is 28.3 Å².